The number of nitrogens with zero attached hydrogens (tertiary/aromatic N) is 1. The zero-order chi connectivity index (χ0) is 14.0. The number of hydrogen-bond acceptors (Lipinski definition) is 3. The van der Waals surface area contributed by atoms with Crippen molar-refractivity contribution in [1.29, 1.82) is 0 Å². The van der Waals surface area contributed by atoms with Crippen molar-refractivity contribution < 1.29 is 9.31 Å². The molecule has 4 nitrogen and oxygen atoms in total. The Morgan fingerprint density at radius 1 is 1.26 bits per heavy atom. The Hall–Kier alpha value is -1.95. The molecule has 0 aliphatic heterocycles. The molecule has 2 aromatic rings. The summed E-state index contributed by atoms with van der Waals surface area (Å²) in [5, 5.41) is 13.6. The number of aryl methyl sites for hydroxylation is 1. The van der Waals surface area contributed by atoms with Crippen LogP contribution in [0.4, 0.5) is 21.5 Å². The van der Waals surface area contributed by atoms with Gasteiger partial charge in [0, 0.05) is 21.9 Å². The molecule has 0 aromatic heterocycles. The van der Waals surface area contributed by atoms with Crippen LogP contribution in [0.1, 0.15) is 5.56 Å². The Morgan fingerprint density at radius 3 is 2.63 bits per heavy atom. The Balaban J connectivity index is 2.35. The van der Waals surface area contributed by atoms with Crippen LogP contribution < -0.4 is 5.32 Å². The van der Waals surface area contributed by atoms with Gasteiger partial charge in [-0.25, -0.2) is 4.39 Å². The molecule has 0 bridgehead atoms. The fourth-order valence-electron chi connectivity index (χ4n) is 1.67. The Bertz CT molecular complexity index is 647. The Kier molecular flexibility index (Phi) is 3.80. The van der Waals surface area contributed by atoms with Crippen molar-refractivity contribution in [2.45, 2.75) is 6.92 Å². The van der Waals surface area contributed by atoms with E-state index in [4.69, 9.17) is 0 Å². The summed E-state index contributed by atoms with van der Waals surface area (Å²) in [4.78, 5) is 10.1. The molecular formula is C13H10BrFN2O2. The molecule has 0 heterocycles. The molecule has 2 aromatic carbocycles. The maximum Gasteiger partial charge on any atom is 0.274 e. The van der Waals surface area contributed by atoms with E-state index in [2.05, 4.69) is 21.2 Å². The summed E-state index contributed by atoms with van der Waals surface area (Å²) in [5.74, 6) is -0.647. The lowest BCUT2D eigenvalue weighted by atomic mass is 10.2. The molecule has 2 rings (SSSR count). The first-order valence-electron chi connectivity index (χ1n) is 5.44. The van der Waals surface area contributed by atoms with E-state index in [-0.39, 0.29) is 5.69 Å². The van der Waals surface area contributed by atoms with E-state index in [1.807, 2.05) is 25.1 Å². The van der Waals surface area contributed by atoms with Crippen molar-refractivity contribution in [2.24, 2.45) is 0 Å². The zero-order valence-corrected chi connectivity index (χ0v) is 11.6. The molecule has 19 heavy (non-hydrogen) atoms. The van der Waals surface area contributed by atoms with Crippen LogP contribution in [0.3, 0.4) is 0 Å². The summed E-state index contributed by atoms with van der Waals surface area (Å²) in [6.07, 6.45) is 0. The van der Waals surface area contributed by atoms with E-state index in [0.717, 1.165) is 21.8 Å². The van der Waals surface area contributed by atoms with Gasteiger partial charge in [-0.3, -0.25) is 10.1 Å². The summed E-state index contributed by atoms with van der Waals surface area (Å²) < 4.78 is 14.2. The predicted molar refractivity (Wildman–Crippen MR) is 75.2 cm³/mol. The van der Waals surface area contributed by atoms with Gasteiger partial charge in [0.15, 0.2) is 0 Å². The molecule has 6 heteroatoms. The van der Waals surface area contributed by atoms with Crippen molar-refractivity contribution in [3.05, 3.63) is 62.4 Å². The van der Waals surface area contributed by atoms with Crippen LogP contribution in [-0.4, -0.2) is 4.92 Å². The first-order valence-corrected chi connectivity index (χ1v) is 6.23. The summed E-state index contributed by atoms with van der Waals surface area (Å²) in [6.45, 7) is 1.89. The van der Waals surface area contributed by atoms with Gasteiger partial charge in [-0.15, -0.1) is 0 Å². The monoisotopic (exact) mass is 324 g/mol. The third-order valence-corrected chi connectivity index (χ3v) is 3.05. The van der Waals surface area contributed by atoms with Gasteiger partial charge >= 0.3 is 0 Å². The average Bonchev–Trinajstić information content (AvgIpc) is 2.32. The largest absolute Gasteiger partial charge is 0.355 e. The third-order valence-electron chi connectivity index (χ3n) is 2.56. The van der Waals surface area contributed by atoms with Crippen LogP contribution in [0.5, 0.6) is 0 Å². The molecule has 0 unspecified atom stereocenters. The van der Waals surface area contributed by atoms with Crippen molar-refractivity contribution in [2.75, 3.05) is 5.32 Å². The smallest absolute Gasteiger partial charge is 0.274 e. The second-order valence-corrected chi connectivity index (χ2v) is 4.96. The lowest BCUT2D eigenvalue weighted by Crippen LogP contribution is -1.96. The number of anilines is 2. The van der Waals surface area contributed by atoms with E-state index in [1.54, 1.807) is 0 Å². The lowest BCUT2D eigenvalue weighted by molar-refractivity contribution is -0.385. The maximum atomic E-state index is 13.3. The van der Waals surface area contributed by atoms with E-state index >= 15 is 0 Å². The van der Waals surface area contributed by atoms with E-state index < -0.39 is 10.7 Å². The average molecular weight is 325 g/mol. The van der Waals surface area contributed by atoms with Gasteiger partial charge in [-0.2, -0.15) is 0 Å². The van der Waals surface area contributed by atoms with Crippen molar-refractivity contribution in [3.8, 4) is 0 Å². The minimum atomic E-state index is -0.647. The van der Waals surface area contributed by atoms with Crippen LogP contribution in [-0.2, 0) is 0 Å². The molecule has 0 aliphatic carbocycles. The summed E-state index contributed by atoms with van der Waals surface area (Å²) >= 11 is 3.35. The second kappa shape index (κ2) is 5.36. The van der Waals surface area contributed by atoms with Crippen molar-refractivity contribution in [1.82, 2.24) is 0 Å². The lowest BCUT2D eigenvalue weighted by Gasteiger charge is -2.10. The van der Waals surface area contributed by atoms with Crippen LogP contribution in [0, 0.1) is 22.9 Å². The van der Waals surface area contributed by atoms with Gasteiger partial charge < -0.3 is 5.32 Å². The van der Waals surface area contributed by atoms with Gasteiger partial charge in [0.2, 0.25) is 0 Å². The first-order chi connectivity index (χ1) is 8.95. The minimum absolute atomic E-state index is 0.280. The number of nitrogens with one attached hydrogen (secondary N) is 1. The Morgan fingerprint density at radius 2 is 2.00 bits per heavy atom. The number of halogens is 2. The van der Waals surface area contributed by atoms with Gasteiger partial charge in [-0.05, 0) is 36.8 Å². The number of hydrogen-bond donors (Lipinski definition) is 1. The van der Waals surface area contributed by atoms with Gasteiger partial charge in [0.25, 0.3) is 5.69 Å². The van der Waals surface area contributed by atoms with Crippen LogP contribution >= 0.6 is 15.9 Å². The molecule has 0 atom stereocenters. The summed E-state index contributed by atoms with van der Waals surface area (Å²) in [5.41, 5.74) is 1.78. The molecule has 0 spiro atoms. The molecule has 0 amide bonds. The van der Waals surface area contributed by atoms with Crippen molar-refractivity contribution >= 4 is 33.0 Å². The number of non-ortho nitro benzene ring substituents is 1. The molecule has 0 saturated carbocycles. The summed E-state index contributed by atoms with van der Waals surface area (Å²) in [6, 6.07) is 8.95. The maximum absolute atomic E-state index is 13.3. The minimum Gasteiger partial charge on any atom is -0.355 e. The van der Waals surface area contributed by atoms with Crippen LogP contribution in [0.15, 0.2) is 40.9 Å². The second-order valence-electron chi connectivity index (χ2n) is 4.04. The van der Waals surface area contributed by atoms with E-state index in [1.165, 1.54) is 12.1 Å². The predicted octanol–water partition coefficient (Wildman–Crippen LogP) is 4.55. The van der Waals surface area contributed by atoms with E-state index in [9.17, 15) is 14.5 Å². The summed E-state index contributed by atoms with van der Waals surface area (Å²) in [7, 11) is 0. The fourth-order valence-corrected chi connectivity index (χ4v) is 2.15. The number of rotatable bonds is 3. The molecule has 0 aliphatic rings. The molecule has 98 valence electrons. The van der Waals surface area contributed by atoms with Crippen molar-refractivity contribution in [3.63, 3.8) is 0 Å². The normalized spacial score (nSPS) is 10.3. The molecule has 1 N–H and O–H groups in total. The number of nitro groups is 1. The Labute approximate surface area is 117 Å². The number of benzene rings is 2. The standard InChI is InChI=1S/C13H10BrFN2O2/c1-8-4-9(14)2-3-13(8)16-11-5-10(15)6-12(7-11)17(18)19/h2-7,16H,1H3. The van der Waals surface area contributed by atoms with Gasteiger partial charge in [0.05, 0.1) is 11.0 Å². The zero-order valence-electron chi connectivity index (χ0n) is 9.98. The highest BCUT2D eigenvalue weighted by Gasteiger charge is 2.10. The highest BCUT2D eigenvalue weighted by molar-refractivity contribution is 9.10. The van der Waals surface area contributed by atoms with Crippen LogP contribution in [0.25, 0.3) is 0 Å². The molecule has 0 saturated heterocycles. The number of nitro benzene ring substituents is 1. The highest BCUT2D eigenvalue weighted by Crippen LogP contribution is 2.26. The quantitative estimate of drug-likeness (QED) is 0.665. The topological polar surface area (TPSA) is 55.2 Å². The molecular weight excluding hydrogens is 315 g/mol. The van der Waals surface area contributed by atoms with Gasteiger partial charge in [-0.1, -0.05) is 15.9 Å². The molecule has 0 radical (unpaired) electrons. The first kappa shape index (κ1) is 13.5. The highest BCUT2D eigenvalue weighted by atomic mass is 79.9. The van der Waals surface area contributed by atoms with Crippen LogP contribution in [0.2, 0.25) is 0 Å². The SMILES string of the molecule is Cc1cc(Br)ccc1Nc1cc(F)cc([N+](=O)[O-])c1. The van der Waals surface area contributed by atoms with E-state index in [0.29, 0.717) is 5.69 Å². The van der Waals surface area contributed by atoms with Gasteiger partial charge in [0.1, 0.15) is 5.82 Å². The fraction of sp³-hybridized carbons (Fsp3) is 0.0769. The molecule has 0 fully saturated rings. The third kappa shape index (κ3) is 3.29.